The van der Waals surface area contributed by atoms with Crippen molar-refractivity contribution < 1.29 is 4.79 Å². The summed E-state index contributed by atoms with van der Waals surface area (Å²) < 4.78 is 0. The average molecular weight is 251 g/mol. The molecule has 1 amide bonds. The van der Waals surface area contributed by atoms with Crippen molar-refractivity contribution in [3.63, 3.8) is 0 Å². The Labute approximate surface area is 105 Å². The van der Waals surface area contributed by atoms with Crippen LogP contribution in [0.3, 0.4) is 0 Å². The fraction of sp³-hybridized carbons (Fsp3) is 0.583. The molecule has 3 heterocycles. The van der Waals surface area contributed by atoms with E-state index < -0.39 is 0 Å². The molecule has 4 nitrogen and oxygen atoms in total. The smallest absolute Gasteiger partial charge is 0.245 e. The number of rotatable bonds is 1. The molecule has 0 radical (unpaired) electrons. The van der Waals surface area contributed by atoms with Crippen molar-refractivity contribution in [2.45, 2.75) is 12.1 Å². The lowest BCUT2D eigenvalue weighted by Crippen LogP contribution is -2.63. The summed E-state index contributed by atoms with van der Waals surface area (Å²) in [7, 11) is 2.05. The molecule has 0 spiro atoms. The number of fused-ring (bicyclic) bond motifs is 1. The number of nitrogens with one attached hydrogen (secondary N) is 1. The maximum Gasteiger partial charge on any atom is 0.245 e. The summed E-state index contributed by atoms with van der Waals surface area (Å²) in [5.74, 6) is 0.271. The van der Waals surface area contributed by atoms with E-state index in [1.54, 1.807) is 11.3 Å². The number of carbonyl (C=O) groups excluding carboxylic acids is 1. The summed E-state index contributed by atoms with van der Waals surface area (Å²) in [6, 6.07) is 4.36. The molecule has 2 saturated heterocycles. The zero-order valence-corrected chi connectivity index (χ0v) is 10.7. The predicted octanol–water partition coefficient (Wildman–Crippen LogP) is 0.535. The minimum atomic E-state index is -0.0654. The van der Waals surface area contributed by atoms with Crippen molar-refractivity contribution in [2.75, 3.05) is 33.2 Å². The topological polar surface area (TPSA) is 35.6 Å². The van der Waals surface area contributed by atoms with Gasteiger partial charge in [0.2, 0.25) is 5.91 Å². The molecular weight excluding hydrogens is 234 g/mol. The molecule has 3 rings (SSSR count). The Kier molecular flexibility index (Phi) is 2.90. The van der Waals surface area contributed by atoms with E-state index in [0.29, 0.717) is 6.04 Å². The van der Waals surface area contributed by atoms with Crippen molar-refractivity contribution in [1.29, 1.82) is 0 Å². The minimum Gasteiger partial charge on any atom is -0.334 e. The van der Waals surface area contributed by atoms with Crippen molar-refractivity contribution in [1.82, 2.24) is 15.1 Å². The van der Waals surface area contributed by atoms with Gasteiger partial charge in [0.15, 0.2) is 0 Å². The van der Waals surface area contributed by atoms with Crippen molar-refractivity contribution in [3.05, 3.63) is 22.4 Å². The Morgan fingerprint density at radius 1 is 1.53 bits per heavy atom. The SMILES string of the molecule is CN1CC2CNCCN2C(=O)C1c1cccs1. The largest absolute Gasteiger partial charge is 0.334 e. The summed E-state index contributed by atoms with van der Waals surface area (Å²) in [5, 5.41) is 5.40. The van der Waals surface area contributed by atoms with Crippen LogP contribution in [0.4, 0.5) is 0 Å². The van der Waals surface area contributed by atoms with Crippen LogP contribution >= 0.6 is 11.3 Å². The van der Waals surface area contributed by atoms with Gasteiger partial charge < -0.3 is 10.2 Å². The van der Waals surface area contributed by atoms with E-state index in [1.165, 1.54) is 0 Å². The maximum absolute atomic E-state index is 12.5. The van der Waals surface area contributed by atoms with E-state index in [1.807, 2.05) is 18.5 Å². The lowest BCUT2D eigenvalue weighted by molar-refractivity contribution is -0.146. The maximum atomic E-state index is 12.5. The molecular formula is C12H17N3OS. The van der Waals surface area contributed by atoms with E-state index in [0.717, 1.165) is 31.1 Å². The van der Waals surface area contributed by atoms with E-state index in [4.69, 9.17) is 0 Å². The van der Waals surface area contributed by atoms with Crippen LogP contribution in [0.5, 0.6) is 0 Å². The molecule has 17 heavy (non-hydrogen) atoms. The second kappa shape index (κ2) is 4.40. The first-order valence-corrected chi connectivity index (χ1v) is 6.90. The van der Waals surface area contributed by atoms with Gasteiger partial charge in [0.05, 0.1) is 6.04 Å². The van der Waals surface area contributed by atoms with E-state index in [9.17, 15) is 4.79 Å². The number of likely N-dealkylation sites (N-methyl/N-ethyl adjacent to an activating group) is 1. The summed E-state index contributed by atoms with van der Waals surface area (Å²) in [6.45, 7) is 3.65. The minimum absolute atomic E-state index is 0.0654. The molecule has 1 N–H and O–H groups in total. The number of hydrogen-bond donors (Lipinski definition) is 1. The fourth-order valence-corrected chi connectivity index (χ4v) is 3.66. The van der Waals surface area contributed by atoms with E-state index in [-0.39, 0.29) is 11.9 Å². The van der Waals surface area contributed by atoms with Gasteiger partial charge in [0.25, 0.3) is 0 Å². The highest BCUT2D eigenvalue weighted by molar-refractivity contribution is 7.10. The average Bonchev–Trinajstić information content (AvgIpc) is 2.83. The molecule has 2 aliphatic rings. The first kappa shape index (κ1) is 11.2. The van der Waals surface area contributed by atoms with Crippen molar-refractivity contribution >= 4 is 17.2 Å². The molecule has 2 unspecified atom stereocenters. The fourth-order valence-electron chi connectivity index (χ4n) is 2.78. The summed E-state index contributed by atoms with van der Waals surface area (Å²) >= 11 is 1.67. The number of amides is 1. The monoisotopic (exact) mass is 251 g/mol. The van der Waals surface area contributed by atoms with Gasteiger partial charge in [-0.05, 0) is 18.5 Å². The number of carbonyl (C=O) groups is 1. The third-order valence-electron chi connectivity index (χ3n) is 3.62. The highest BCUT2D eigenvalue weighted by Crippen LogP contribution is 2.31. The van der Waals surface area contributed by atoms with Gasteiger partial charge in [-0.15, -0.1) is 11.3 Å². The van der Waals surface area contributed by atoms with Gasteiger partial charge in [-0.2, -0.15) is 0 Å². The van der Waals surface area contributed by atoms with Crippen LogP contribution in [-0.2, 0) is 4.79 Å². The second-order valence-corrected chi connectivity index (χ2v) is 5.73. The highest BCUT2D eigenvalue weighted by atomic mass is 32.1. The summed E-state index contributed by atoms with van der Waals surface area (Å²) in [4.78, 5) is 17.9. The molecule has 0 aliphatic carbocycles. The molecule has 0 aromatic carbocycles. The van der Waals surface area contributed by atoms with Crippen LogP contribution < -0.4 is 5.32 Å². The highest BCUT2D eigenvalue weighted by Gasteiger charge is 2.40. The zero-order chi connectivity index (χ0) is 11.8. The molecule has 0 bridgehead atoms. The molecule has 2 aliphatic heterocycles. The summed E-state index contributed by atoms with van der Waals surface area (Å²) in [6.07, 6.45) is 0. The normalized spacial score (nSPS) is 30.4. The Bertz CT molecular complexity index is 406. The van der Waals surface area contributed by atoms with E-state index in [2.05, 4.69) is 21.2 Å². The lowest BCUT2D eigenvalue weighted by atomic mass is 10.0. The Hall–Kier alpha value is -0.910. The molecule has 2 atom stereocenters. The summed E-state index contributed by atoms with van der Waals surface area (Å²) in [5.41, 5.74) is 0. The third-order valence-corrected chi connectivity index (χ3v) is 4.54. The quantitative estimate of drug-likeness (QED) is 0.791. The standard InChI is InChI=1S/C12H17N3OS/c1-14-8-9-7-13-4-5-15(9)12(16)11(14)10-3-2-6-17-10/h2-3,6,9,11,13H,4-5,7-8H2,1H3. The van der Waals surface area contributed by atoms with Crippen LogP contribution in [0, 0.1) is 0 Å². The van der Waals surface area contributed by atoms with Crippen molar-refractivity contribution in [3.8, 4) is 0 Å². The molecule has 1 aromatic rings. The van der Waals surface area contributed by atoms with Gasteiger partial charge in [-0.3, -0.25) is 9.69 Å². The molecule has 2 fully saturated rings. The zero-order valence-electron chi connectivity index (χ0n) is 9.93. The van der Waals surface area contributed by atoms with Gasteiger partial charge in [-0.1, -0.05) is 6.07 Å². The van der Waals surface area contributed by atoms with Crippen molar-refractivity contribution in [2.24, 2.45) is 0 Å². The first-order valence-electron chi connectivity index (χ1n) is 6.02. The molecule has 92 valence electrons. The predicted molar refractivity (Wildman–Crippen MR) is 68.1 cm³/mol. The molecule has 1 aromatic heterocycles. The lowest BCUT2D eigenvalue weighted by Gasteiger charge is -2.46. The van der Waals surface area contributed by atoms with Crippen LogP contribution in [-0.4, -0.2) is 55.0 Å². The molecule has 0 saturated carbocycles. The van der Waals surface area contributed by atoms with E-state index >= 15 is 0 Å². The second-order valence-electron chi connectivity index (χ2n) is 4.75. The third kappa shape index (κ3) is 1.88. The number of hydrogen-bond acceptors (Lipinski definition) is 4. The number of thiophene rings is 1. The van der Waals surface area contributed by atoms with Crippen LogP contribution in [0.1, 0.15) is 10.9 Å². The first-order chi connectivity index (χ1) is 8.27. The number of nitrogens with zero attached hydrogens (tertiary/aromatic N) is 2. The Morgan fingerprint density at radius 3 is 3.18 bits per heavy atom. The number of piperazine rings is 2. The molecule has 5 heteroatoms. The Morgan fingerprint density at radius 2 is 2.41 bits per heavy atom. The van der Waals surface area contributed by atoms with Crippen LogP contribution in [0.15, 0.2) is 17.5 Å². The van der Waals surface area contributed by atoms with Gasteiger partial charge in [0.1, 0.15) is 6.04 Å². The van der Waals surface area contributed by atoms with Crippen LogP contribution in [0.2, 0.25) is 0 Å². The Balaban J connectivity index is 1.87. The van der Waals surface area contributed by atoms with Gasteiger partial charge in [-0.25, -0.2) is 0 Å². The van der Waals surface area contributed by atoms with Gasteiger partial charge in [0, 0.05) is 31.1 Å². The van der Waals surface area contributed by atoms with Crippen LogP contribution in [0.25, 0.3) is 0 Å². The van der Waals surface area contributed by atoms with Gasteiger partial charge >= 0.3 is 0 Å².